The molecule has 0 atom stereocenters. The summed E-state index contributed by atoms with van der Waals surface area (Å²) < 4.78 is 0. The molecule has 2 rings (SSSR count). The van der Waals surface area contributed by atoms with Gasteiger partial charge >= 0.3 is 5.97 Å². The molecule has 0 amide bonds. The summed E-state index contributed by atoms with van der Waals surface area (Å²) in [4.78, 5) is 10.9. The average molecular weight is 282 g/mol. The van der Waals surface area contributed by atoms with Gasteiger partial charge < -0.3 is 5.11 Å². The number of aliphatic carboxylic acids is 1. The molecule has 1 N–H and O–H groups in total. The van der Waals surface area contributed by atoms with Crippen LogP contribution in [0.25, 0.3) is 11.1 Å². The van der Waals surface area contributed by atoms with Crippen LogP contribution in [-0.2, 0) is 16.6 Å². The smallest absolute Gasteiger partial charge is 0.304 e. The lowest BCUT2D eigenvalue weighted by Crippen LogP contribution is -2.21. The Kier molecular flexibility index (Phi) is 4.46. The zero-order chi connectivity index (χ0) is 15.5. The Hall–Kier alpha value is -2.09. The molecular formula is C19H22O2. The zero-order valence-corrected chi connectivity index (χ0v) is 12.9. The van der Waals surface area contributed by atoms with E-state index < -0.39 is 5.97 Å². The van der Waals surface area contributed by atoms with Crippen LogP contribution in [0.1, 0.15) is 38.3 Å². The maximum absolute atomic E-state index is 10.9. The van der Waals surface area contributed by atoms with Crippen molar-refractivity contribution in [2.75, 3.05) is 0 Å². The molecule has 0 aliphatic rings. The quantitative estimate of drug-likeness (QED) is 0.865. The molecule has 110 valence electrons. The van der Waals surface area contributed by atoms with Gasteiger partial charge in [-0.15, -0.1) is 0 Å². The summed E-state index contributed by atoms with van der Waals surface area (Å²) in [5.74, 6) is -0.765. The largest absolute Gasteiger partial charge is 0.481 e. The van der Waals surface area contributed by atoms with E-state index in [0.717, 1.165) is 17.5 Å². The number of benzene rings is 2. The van der Waals surface area contributed by atoms with Gasteiger partial charge in [0.1, 0.15) is 0 Å². The van der Waals surface area contributed by atoms with Gasteiger partial charge in [-0.05, 0) is 28.7 Å². The number of rotatable bonds is 5. The summed E-state index contributed by atoms with van der Waals surface area (Å²) in [5.41, 5.74) is 4.38. The highest BCUT2D eigenvalue weighted by Gasteiger charge is 2.23. The van der Waals surface area contributed by atoms with Crippen molar-refractivity contribution in [3.63, 3.8) is 0 Å². The summed E-state index contributed by atoms with van der Waals surface area (Å²) in [5, 5.41) is 8.99. The van der Waals surface area contributed by atoms with Crippen LogP contribution in [0.4, 0.5) is 0 Å². The number of carbonyl (C=O) groups is 1. The van der Waals surface area contributed by atoms with Crippen molar-refractivity contribution in [2.24, 2.45) is 0 Å². The van der Waals surface area contributed by atoms with Crippen LogP contribution in [0.15, 0.2) is 48.5 Å². The van der Waals surface area contributed by atoms with Crippen molar-refractivity contribution < 1.29 is 9.90 Å². The van der Waals surface area contributed by atoms with Crippen molar-refractivity contribution >= 4 is 5.97 Å². The van der Waals surface area contributed by atoms with E-state index in [2.05, 4.69) is 43.3 Å². The van der Waals surface area contributed by atoms with E-state index in [-0.39, 0.29) is 11.8 Å². The molecule has 0 saturated heterocycles. The molecular weight excluding hydrogens is 260 g/mol. The SMILES string of the molecule is CCc1ccc(-c2ccc(C(C)(C)CC(=O)O)cc2)cc1. The van der Waals surface area contributed by atoms with Gasteiger partial charge in [-0.3, -0.25) is 4.79 Å². The lowest BCUT2D eigenvalue weighted by molar-refractivity contribution is -0.138. The van der Waals surface area contributed by atoms with Crippen LogP contribution in [0, 0.1) is 0 Å². The van der Waals surface area contributed by atoms with Crippen molar-refractivity contribution in [3.8, 4) is 11.1 Å². The van der Waals surface area contributed by atoms with Crippen LogP contribution >= 0.6 is 0 Å². The highest BCUT2D eigenvalue weighted by Crippen LogP contribution is 2.29. The summed E-state index contributed by atoms with van der Waals surface area (Å²) in [6.07, 6.45) is 1.18. The maximum Gasteiger partial charge on any atom is 0.304 e. The second kappa shape index (κ2) is 6.13. The molecule has 2 aromatic rings. The van der Waals surface area contributed by atoms with E-state index in [1.54, 1.807) is 0 Å². The van der Waals surface area contributed by atoms with Crippen LogP contribution in [0.2, 0.25) is 0 Å². The normalized spacial score (nSPS) is 11.4. The van der Waals surface area contributed by atoms with Gasteiger partial charge in [-0.2, -0.15) is 0 Å². The maximum atomic E-state index is 10.9. The number of hydrogen-bond donors (Lipinski definition) is 1. The fourth-order valence-corrected chi connectivity index (χ4v) is 2.53. The molecule has 21 heavy (non-hydrogen) atoms. The lowest BCUT2D eigenvalue weighted by Gasteiger charge is -2.23. The van der Waals surface area contributed by atoms with Gasteiger partial charge in [0.15, 0.2) is 0 Å². The third kappa shape index (κ3) is 3.72. The summed E-state index contributed by atoms with van der Waals surface area (Å²) in [6, 6.07) is 16.8. The van der Waals surface area contributed by atoms with E-state index in [1.807, 2.05) is 26.0 Å². The molecule has 0 unspecified atom stereocenters. The van der Waals surface area contributed by atoms with E-state index in [9.17, 15) is 4.79 Å². The molecule has 0 fully saturated rings. The van der Waals surface area contributed by atoms with Crippen LogP contribution in [-0.4, -0.2) is 11.1 Å². The Morgan fingerprint density at radius 1 is 0.952 bits per heavy atom. The molecule has 0 radical (unpaired) electrons. The van der Waals surface area contributed by atoms with Gasteiger partial charge in [0, 0.05) is 5.41 Å². The topological polar surface area (TPSA) is 37.3 Å². The Balaban J connectivity index is 2.23. The molecule has 0 heterocycles. The van der Waals surface area contributed by atoms with Crippen LogP contribution in [0.5, 0.6) is 0 Å². The van der Waals surface area contributed by atoms with E-state index >= 15 is 0 Å². The monoisotopic (exact) mass is 282 g/mol. The van der Waals surface area contributed by atoms with Gasteiger partial charge in [0.25, 0.3) is 0 Å². The second-order valence-corrected chi connectivity index (χ2v) is 6.08. The summed E-state index contributed by atoms with van der Waals surface area (Å²) >= 11 is 0. The van der Waals surface area contributed by atoms with Gasteiger partial charge in [0.05, 0.1) is 6.42 Å². The summed E-state index contributed by atoms with van der Waals surface area (Å²) in [6.45, 7) is 6.08. The van der Waals surface area contributed by atoms with E-state index in [0.29, 0.717) is 0 Å². The Bertz CT molecular complexity index is 607. The van der Waals surface area contributed by atoms with E-state index in [1.165, 1.54) is 11.1 Å². The predicted octanol–water partition coefficient (Wildman–Crippen LogP) is 4.67. The number of aryl methyl sites for hydroxylation is 1. The number of carboxylic acid groups (broad SMARTS) is 1. The molecule has 2 aromatic carbocycles. The minimum absolute atomic E-state index is 0.136. The predicted molar refractivity (Wildman–Crippen MR) is 86.5 cm³/mol. The first-order chi connectivity index (χ1) is 9.92. The Morgan fingerprint density at radius 3 is 1.86 bits per heavy atom. The van der Waals surface area contributed by atoms with Gasteiger partial charge in [-0.1, -0.05) is 69.3 Å². The molecule has 0 spiro atoms. The molecule has 2 heteroatoms. The molecule has 0 aliphatic carbocycles. The van der Waals surface area contributed by atoms with Crippen molar-refractivity contribution in [2.45, 2.75) is 39.0 Å². The number of carboxylic acids is 1. The third-order valence-corrected chi connectivity index (χ3v) is 3.96. The Labute approximate surface area is 126 Å². The van der Waals surface area contributed by atoms with Crippen molar-refractivity contribution in [3.05, 3.63) is 59.7 Å². The Morgan fingerprint density at radius 2 is 1.43 bits per heavy atom. The molecule has 2 nitrogen and oxygen atoms in total. The molecule has 0 aliphatic heterocycles. The second-order valence-electron chi connectivity index (χ2n) is 6.08. The fourth-order valence-electron chi connectivity index (χ4n) is 2.53. The minimum Gasteiger partial charge on any atom is -0.481 e. The standard InChI is InChI=1S/C19H22O2/c1-4-14-5-7-15(8-6-14)16-9-11-17(12-10-16)19(2,3)13-18(20)21/h5-12H,4,13H2,1-3H3,(H,20,21). The van der Waals surface area contributed by atoms with Gasteiger partial charge in [0.2, 0.25) is 0 Å². The van der Waals surface area contributed by atoms with Crippen molar-refractivity contribution in [1.29, 1.82) is 0 Å². The zero-order valence-electron chi connectivity index (χ0n) is 12.9. The highest BCUT2D eigenvalue weighted by molar-refractivity contribution is 5.69. The minimum atomic E-state index is -0.765. The molecule has 0 saturated carbocycles. The van der Waals surface area contributed by atoms with Gasteiger partial charge in [-0.25, -0.2) is 0 Å². The first-order valence-corrected chi connectivity index (χ1v) is 7.34. The van der Waals surface area contributed by atoms with E-state index in [4.69, 9.17) is 5.11 Å². The van der Waals surface area contributed by atoms with Crippen LogP contribution in [0.3, 0.4) is 0 Å². The molecule has 0 aromatic heterocycles. The first-order valence-electron chi connectivity index (χ1n) is 7.34. The van der Waals surface area contributed by atoms with Crippen LogP contribution < -0.4 is 0 Å². The summed E-state index contributed by atoms with van der Waals surface area (Å²) in [7, 11) is 0. The van der Waals surface area contributed by atoms with Crippen molar-refractivity contribution in [1.82, 2.24) is 0 Å². The number of hydrogen-bond acceptors (Lipinski definition) is 1. The first kappa shape index (κ1) is 15.3. The lowest BCUT2D eigenvalue weighted by atomic mass is 9.81. The highest BCUT2D eigenvalue weighted by atomic mass is 16.4. The molecule has 0 bridgehead atoms. The third-order valence-electron chi connectivity index (χ3n) is 3.96. The average Bonchev–Trinajstić information content (AvgIpc) is 2.46. The fraction of sp³-hybridized carbons (Fsp3) is 0.316.